The second-order valence-corrected chi connectivity index (χ2v) is 4.80. The summed E-state index contributed by atoms with van der Waals surface area (Å²) in [5, 5.41) is 15.1. The molecule has 2 aromatic rings. The van der Waals surface area contributed by atoms with Gasteiger partial charge in [0.1, 0.15) is 18.8 Å². The Morgan fingerprint density at radius 1 is 1.58 bits per heavy atom. The number of aromatic amines is 1. The number of amides is 1. The summed E-state index contributed by atoms with van der Waals surface area (Å²) in [4.78, 5) is 19.0. The average molecular weight is 276 g/mol. The van der Waals surface area contributed by atoms with E-state index in [9.17, 15) is 4.79 Å². The Labute approximate surface area is 114 Å². The van der Waals surface area contributed by atoms with Gasteiger partial charge in [0, 0.05) is 7.05 Å². The molecular weight excluding hydrogens is 264 g/mol. The van der Waals surface area contributed by atoms with Gasteiger partial charge < -0.3 is 10.0 Å². The number of nitrogens with zero attached hydrogens (tertiary/aromatic N) is 3. The molecule has 0 radical (unpaired) electrons. The van der Waals surface area contributed by atoms with Gasteiger partial charge in [0.15, 0.2) is 0 Å². The van der Waals surface area contributed by atoms with Crippen molar-refractivity contribution in [3.8, 4) is 11.8 Å². The van der Waals surface area contributed by atoms with Crippen molar-refractivity contribution in [3.05, 3.63) is 34.0 Å². The molecule has 98 valence electrons. The van der Waals surface area contributed by atoms with Crippen molar-refractivity contribution >= 4 is 17.2 Å². The largest absolute Gasteiger partial charge is 0.384 e. The number of hydrogen-bond acceptors (Lipinski definition) is 5. The molecule has 0 aliphatic carbocycles. The normalized spacial score (nSPS) is 9.79. The molecule has 6 nitrogen and oxygen atoms in total. The van der Waals surface area contributed by atoms with Gasteiger partial charge in [0.05, 0.1) is 16.3 Å². The number of carbonyl (C=O) groups excluding carboxylic acids is 1. The minimum Gasteiger partial charge on any atom is -0.384 e. The van der Waals surface area contributed by atoms with Gasteiger partial charge in [-0.15, -0.1) is 11.3 Å². The van der Waals surface area contributed by atoms with Gasteiger partial charge in [-0.3, -0.25) is 9.89 Å². The molecular formula is C12H12N4O2S. The van der Waals surface area contributed by atoms with Crippen molar-refractivity contribution in [1.82, 2.24) is 20.1 Å². The highest BCUT2D eigenvalue weighted by Crippen LogP contribution is 2.17. The summed E-state index contributed by atoms with van der Waals surface area (Å²) in [6, 6.07) is 3.49. The van der Waals surface area contributed by atoms with Crippen LogP contribution in [-0.4, -0.2) is 44.7 Å². The van der Waals surface area contributed by atoms with Gasteiger partial charge in [-0.1, -0.05) is 11.8 Å². The van der Waals surface area contributed by atoms with Crippen molar-refractivity contribution in [2.75, 3.05) is 13.7 Å². The third-order valence-corrected chi connectivity index (χ3v) is 3.29. The number of thiophene rings is 1. The second kappa shape index (κ2) is 6.13. The van der Waals surface area contributed by atoms with Crippen molar-refractivity contribution in [3.63, 3.8) is 0 Å². The Kier molecular flexibility index (Phi) is 4.28. The van der Waals surface area contributed by atoms with Gasteiger partial charge in [0.25, 0.3) is 5.91 Å². The molecule has 0 spiro atoms. The SMILES string of the molecule is CN(Cc1ncn[nH]1)C(=O)c1ccc(C#CCO)s1. The van der Waals surface area contributed by atoms with Crippen LogP contribution in [0, 0.1) is 11.8 Å². The van der Waals surface area contributed by atoms with Crippen LogP contribution in [-0.2, 0) is 6.54 Å². The molecule has 0 aromatic carbocycles. The number of aliphatic hydroxyl groups excluding tert-OH is 1. The first-order valence-electron chi connectivity index (χ1n) is 5.50. The smallest absolute Gasteiger partial charge is 0.264 e. The molecule has 1 amide bonds. The Morgan fingerprint density at radius 2 is 2.42 bits per heavy atom. The summed E-state index contributed by atoms with van der Waals surface area (Å²) in [6.45, 7) is 0.182. The molecule has 7 heteroatoms. The molecule has 0 unspecified atom stereocenters. The fourth-order valence-corrected chi connectivity index (χ4v) is 2.31. The number of carbonyl (C=O) groups is 1. The zero-order valence-corrected chi connectivity index (χ0v) is 11.1. The van der Waals surface area contributed by atoms with E-state index in [1.54, 1.807) is 24.1 Å². The lowest BCUT2D eigenvalue weighted by Crippen LogP contribution is -2.25. The van der Waals surface area contributed by atoms with Gasteiger partial charge in [-0.2, -0.15) is 5.10 Å². The van der Waals surface area contributed by atoms with Crippen molar-refractivity contribution < 1.29 is 9.90 Å². The predicted molar refractivity (Wildman–Crippen MR) is 70.5 cm³/mol. The van der Waals surface area contributed by atoms with Crippen LogP contribution in [0.3, 0.4) is 0 Å². The van der Waals surface area contributed by atoms with Gasteiger partial charge in [-0.05, 0) is 12.1 Å². The molecule has 0 aliphatic heterocycles. The second-order valence-electron chi connectivity index (χ2n) is 3.72. The topological polar surface area (TPSA) is 82.1 Å². The lowest BCUT2D eigenvalue weighted by molar-refractivity contribution is 0.0786. The third-order valence-electron chi connectivity index (χ3n) is 2.31. The number of aliphatic hydroxyl groups is 1. The van der Waals surface area contributed by atoms with Crippen molar-refractivity contribution in [2.45, 2.75) is 6.54 Å². The molecule has 0 bridgehead atoms. The van der Waals surface area contributed by atoms with E-state index >= 15 is 0 Å². The zero-order valence-electron chi connectivity index (χ0n) is 10.3. The Balaban J connectivity index is 2.04. The maximum Gasteiger partial charge on any atom is 0.264 e. The van der Waals surface area contributed by atoms with Gasteiger partial charge in [0.2, 0.25) is 0 Å². The molecule has 2 rings (SSSR count). The van der Waals surface area contributed by atoms with E-state index < -0.39 is 0 Å². The van der Waals surface area contributed by atoms with E-state index in [2.05, 4.69) is 27.0 Å². The molecule has 2 N–H and O–H groups in total. The van der Waals surface area contributed by atoms with E-state index in [4.69, 9.17) is 5.11 Å². The van der Waals surface area contributed by atoms with E-state index in [1.165, 1.54) is 17.7 Å². The number of aromatic nitrogens is 3. The lowest BCUT2D eigenvalue weighted by Gasteiger charge is -2.13. The summed E-state index contributed by atoms with van der Waals surface area (Å²) in [5.41, 5.74) is 0. The number of hydrogen-bond donors (Lipinski definition) is 2. The zero-order chi connectivity index (χ0) is 13.7. The standard InChI is InChI=1S/C12H12N4O2S/c1-16(7-11-13-8-14-15-11)12(18)10-5-4-9(19-10)3-2-6-17/h4-5,8,17H,6-7H2,1H3,(H,13,14,15). The van der Waals surface area contributed by atoms with Crippen LogP contribution >= 0.6 is 11.3 Å². The molecule has 0 saturated carbocycles. The van der Waals surface area contributed by atoms with Crippen LogP contribution < -0.4 is 0 Å². The maximum absolute atomic E-state index is 12.1. The maximum atomic E-state index is 12.1. The fraction of sp³-hybridized carbons (Fsp3) is 0.250. The van der Waals surface area contributed by atoms with E-state index in [-0.39, 0.29) is 12.5 Å². The fourth-order valence-electron chi connectivity index (χ4n) is 1.44. The highest BCUT2D eigenvalue weighted by Gasteiger charge is 2.15. The minimum atomic E-state index is -0.188. The summed E-state index contributed by atoms with van der Waals surface area (Å²) in [6.07, 6.45) is 1.40. The van der Waals surface area contributed by atoms with Crippen LogP contribution in [0.25, 0.3) is 0 Å². The first kappa shape index (κ1) is 13.3. The Hall–Kier alpha value is -2.17. The molecule has 2 heterocycles. The van der Waals surface area contributed by atoms with Crippen molar-refractivity contribution in [1.29, 1.82) is 0 Å². The van der Waals surface area contributed by atoms with E-state index in [0.29, 0.717) is 17.2 Å². The molecule has 19 heavy (non-hydrogen) atoms. The highest BCUT2D eigenvalue weighted by atomic mass is 32.1. The summed E-state index contributed by atoms with van der Waals surface area (Å²) >= 11 is 1.30. The van der Waals surface area contributed by atoms with Crippen molar-refractivity contribution in [2.24, 2.45) is 0 Å². The average Bonchev–Trinajstić information content (AvgIpc) is 3.06. The molecule has 0 aliphatic rings. The molecule has 0 atom stereocenters. The van der Waals surface area contributed by atoms with Crippen LogP contribution in [0.2, 0.25) is 0 Å². The Morgan fingerprint density at radius 3 is 3.11 bits per heavy atom. The third kappa shape index (κ3) is 3.40. The van der Waals surface area contributed by atoms with E-state index in [1.807, 2.05) is 0 Å². The summed E-state index contributed by atoms with van der Waals surface area (Å²) in [7, 11) is 1.70. The van der Waals surface area contributed by atoms with Crippen LogP contribution in [0.4, 0.5) is 0 Å². The predicted octanol–water partition coefficient (Wildman–Crippen LogP) is 0.482. The van der Waals surface area contributed by atoms with Gasteiger partial charge in [-0.25, -0.2) is 4.98 Å². The Bertz CT molecular complexity index is 609. The molecule has 0 saturated heterocycles. The number of rotatable bonds is 3. The number of nitrogens with one attached hydrogen (secondary N) is 1. The number of H-pyrrole nitrogens is 1. The quantitative estimate of drug-likeness (QED) is 0.799. The summed E-state index contributed by atoms with van der Waals surface area (Å²) in [5.74, 6) is 5.86. The van der Waals surface area contributed by atoms with Gasteiger partial charge >= 0.3 is 0 Å². The molecule has 2 aromatic heterocycles. The van der Waals surface area contributed by atoms with Crippen LogP contribution in [0.5, 0.6) is 0 Å². The lowest BCUT2D eigenvalue weighted by atomic mass is 10.4. The molecule has 0 fully saturated rings. The monoisotopic (exact) mass is 276 g/mol. The first-order chi connectivity index (χ1) is 9.20. The van der Waals surface area contributed by atoms with Crippen LogP contribution in [0.15, 0.2) is 18.5 Å². The summed E-state index contributed by atoms with van der Waals surface area (Å²) < 4.78 is 0. The first-order valence-corrected chi connectivity index (χ1v) is 6.31. The van der Waals surface area contributed by atoms with E-state index in [0.717, 1.165) is 4.88 Å². The minimum absolute atomic E-state index is 0.0987. The highest BCUT2D eigenvalue weighted by molar-refractivity contribution is 7.14. The van der Waals surface area contributed by atoms with Crippen LogP contribution in [0.1, 0.15) is 20.4 Å².